The van der Waals surface area contributed by atoms with E-state index in [1.165, 1.54) is 32.1 Å². The molecule has 2 rings (SSSR count). The summed E-state index contributed by atoms with van der Waals surface area (Å²) in [5.74, 6) is 0.868. The average molecular weight is 416 g/mol. The largest absolute Gasteiger partial charge is 0.397 e. The number of nitrogens with one attached hydrogen (secondary N) is 1. The Hall–Kier alpha value is -0.940. The van der Waals surface area contributed by atoms with Crippen molar-refractivity contribution in [3.05, 3.63) is 0 Å². The van der Waals surface area contributed by atoms with Crippen molar-refractivity contribution in [3.8, 4) is 0 Å². The van der Waals surface area contributed by atoms with Gasteiger partial charge in [-0.15, -0.1) is 0 Å². The van der Waals surface area contributed by atoms with E-state index in [4.69, 9.17) is 9.84 Å². The van der Waals surface area contributed by atoms with Crippen molar-refractivity contribution in [3.63, 3.8) is 0 Å². The Morgan fingerprint density at radius 2 is 1.59 bits per heavy atom. The van der Waals surface area contributed by atoms with Crippen LogP contribution in [0.4, 0.5) is 0 Å². The van der Waals surface area contributed by atoms with E-state index in [1.807, 2.05) is 27.7 Å². The van der Waals surface area contributed by atoms with E-state index >= 15 is 0 Å². The maximum absolute atomic E-state index is 12.1. The van der Waals surface area contributed by atoms with Gasteiger partial charge in [0.15, 0.2) is 0 Å². The van der Waals surface area contributed by atoms with Crippen LogP contribution < -0.4 is 5.32 Å². The molecule has 2 N–H and O–H groups in total. The number of amides is 1. The Balaban J connectivity index is 0. The number of hydrogen-bond donors (Lipinski definition) is 2. The Kier molecular flexibility index (Phi) is 17.3. The molecule has 1 amide bonds. The molecule has 0 saturated heterocycles. The fourth-order valence-electron chi connectivity index (χ4n) is 4.01. The van der Waals surface area contributed by atoms with E-state index in [1.54, 1.807) is 6.92 Å². The zero-order valence-corrected chi connectivity index (χ0v) is 19.7. The number of aliphatic hydroxyl groups excluding tert-OH is 1. The molecular weight excluding hydrogens is 366 g/mol. The molecule has 29 heavy (non-hydrogen) atoms. The number of rotatable bonds is 8. The Morgan fingerprint density at radius 3 is 2.10 bits per heavy atom. The highest BCUT2D eigenvalue weighted by molar-refractivity contribution is 5.83. The summed E-state index contributed by atoms with van der Waals surface area (Å²) in [5.41, 5.74) is 0. The number of carbonyl (C=O) groups is 2. The molecule has 0 heterocycles. The van der Waals surface area contributed by atoms with Gasteiger partial charge in [0.25, 0.3) is 0 Å². The van der Waals surface area contributed by atoms with E-state index in [0.29, 0.717) is 24.9 Å². The van der Waals surface area contributed by atoms with Gasteiger partial charge >= 0.3 is 0 Å². The molecule has 0 aromatic carbocycles. The molecule has 0 aliphatic heterocycles. The number of aliphatic hydroxyl groups is 1. The monoisotopic (exact) mass is 415 g/mol. The zero-order valence-electron chi connectivity index (χ0n) is 19.7. The van der Waals surface area contributed by atoms with E-state index in [0.717, 1.165) is 32.1 Å². The molecule has 174 valence electrons. The van der Waals surface area contributed by atoms with Gasteiger partial charge in [0, 0.05) is 38.9 Å². The second-order valence-corrected chi connectivity index (χ2v) is 8.22. The van der Waals surface area contributed by atoms with Crippen LogP contribution in [0.25, 0.3) is 0 Å². The molecule has 5 nitrogen and oxygen atoms in total. The van der Waals surface area contributed by atoms with Crippen LogP contribution in [-0.2, 0) is 14.3 Å². The molecule has 0 bridgehead atoms. The van der Waals surface area contributed by atoms with Crippen molar-refractivity contribution in [1.29, 1.82) is 0 Å². The highest BCUT2D eigenvalue weighted by Crippen LogP contribution is 2.27. The second kappa shape index (κ2) is 17.9. The van der Waals surface area contributed by atoms with Crippen LogP contribution in [-0.4, -0.2) is 42.2 Å². The smallest absolute Gasteiger partial charge is 0.220 e. The third-order valence-corrected chi connectivity index (χ3v) is 5.52. The first kappa shape index (κ1) is 28.1. The standard InChI is InChI=1S/C20H35NO3.C2H6O.C2H6.H2/c1-15(2)20(23)16-10-12-17(13-11-16)21-19(22)9-6-14-24-18-7-4-3-5-8-18;1-2-3;1-2;/h15-18H,3-14H2,1-2H3,(H,21,22);3H,2H2,1H3;1-2H3;1H. The topological polar surface area (TPSA) is 75.6 Å². The van der Waals surface area contributed by atoms with E-state index in [9.17, 15) is 9.59 Å². The lowest BCUT2D eigenvalue weighted by atomic mass is 9.80. The van der Waals surface area contributed by atoms with Crippen molar-refractivity contribution in [2.24, 2.45) is 11.8 Å². The number of ether oxygens (including phenoxy) is 1. The predicted molar refractivity (Wildman–Crippen MR) is 122 cm³/mol. The summed E-state index contributed by atoms with van der Waals surface area (Å²) in [7, 11) is 0. The lowest BCUT2D eigenvalue weighted by molar-refractivity contribution is -0.127. The Labute approximate surface area is 180 Å². The summed E-state index contributed by atoms with van der Waals surface area (Å²) in [5, 5.41) is 10.7. The lowest BCUT2D eigenvalue weighted by Gasteiger charge is -2.29. The van der Waals surface area contributed by atoms with Gasteiger partial charge in [0.05, 0.1) is 6.10 Å². The summed E-state index contributed by atoms with van der Waals surface area (Å²) >= 11 is 0. The van der Waals surface area contributed by atoms with E-state index in [2.05, 4.69) is 5.32 Å². The molecule has 2 saturated carbocycles. The number of ketones is 1. The molecular formula is C24H49NO4. The van der Waals surface area contributed by atoms with E-state index in [-0.39, 0.29) is 31.8 Å². The minimum atomic E-state index is 0. The first-order chi connectivity index (χ1) is 14.0. The normalized spacial score (nSPS) is 22.0. The van der Waals surface area contributed by atoms with Gasteiger partial charge in [0.1, 0.15) is 5.78 Å². The van der Waals surface area contributed by atoms with Crippen molar-refractivity contribution < 1.29 is 20.9 Å². The van der Waals surface area contributed by atoms with Crippen LogP contribution in [0, 0.1) is 11.8 Å². The fourth-order valence-corrected chi connectivity index (χ4v) is 4.01. The van der Waals surface area contributed by atoms with Gasteiger partial charge in [-0.3, -0.25) is 9.59 Å². The SMILES string of the molecule is CC.CC(C)C(=O)C1CCC(NC(=O)CCCOC2CCCCC2)CC1.CCO.[HH]. The van der Waals surface area contributed by atoms with Crippen LogP contribution in [0.15, 0.2) is 0 Å². The molecule has 0 spiro atoms. The van der Waals surface area contributed by atoms with Gasteiger partial charge in [-0.25, -0.2) is 0 Å². The molecule has 5 heteroatoms. The predicted octanol–water partition coefficient (Wildman–Crippen LogP) is 5.29. The van der Waals surface area contributed by atoms with E-state index < -0.39 is 0 Å². The highest BCUT2D eigenvalue weighted by atomic mass is 16.5. The summed E-state index contributed by atoms with van der Waals surface area (Å²) in [6.45, 7) is 10.6. The Bertz CT molecular complexity index is 417. The highest BCUT2D eigenvalue weighted by Gasteiger charge is 2.28. The van der Waals surface area contributed by atoms with Crippen LogP contribution in [0.3, 0.4) is 0 Å². The number of Topliss-reactive ketones (excluding diaryl/α,β-unsaturated/α-hetero) is 1. The van der Waals surface area contributed by atoms with Crippen LogP contribution in [0.1, 0.15) is 107 Å². The summed E-state index contributed by atoms with van der Waals surface area (Å²) < 4.78 is 5.87. The van der Waals surface area contributed by atoms with Gasteiger partial charge < -0.3 is 15.2 Å². The first-order valence-electron chi connectivity index (χ1n) is 12.0. The maximum atomic E-state index is 12.1. The third-order valence-electron chi connectivity index (χ3n) is 5.52. The van der Waals surface area contributed by atoms with Crippen LogP contribution >= 0.6 is 0 Å². The summed E-state index contributed by atoms with van der Waals surface area (Å²) in [6.07, 6.45) is 11.8. The third kappa shape index (κ3) is 13.1. The Morgan fingerprint density at radius 1 is 1.03 bits per heavy atom. The molecule has 0 atom stereocenters. The van der Waals surface area contributed by atoms with Gasteiger partial charge in [-0.05, 0) is 51.9 Å². The average Bonchev–Trinajstić information content (AvgIpc) is 2.74. The van der Waals surface area contributed by atoms with Crippen LogP contribution in [0.2, 0.25) is 0 Å². The quantitative estimate of drug-likeness (QED) is 0.528. The van der Waals surface area contributed by atoms with Gasteiger partial charge in [0.2, 0.25) is 5.91 Å². The fraction of sp³-hybridized carbons (Fsp3) is 0.917. The minimum absolute atomic E-state index is 0. The van der Waals surface area contributed by atoms with Crippen molar-refractivity contribution >= 4 is 11.7 Å². The molecule has 2 aliphatic rings. The second-order valence-electron chi connectivity index (χ2n) is 8.22. The number of hydrogen-bond acceptors (Lipinski definition) is 4. The molecule has 0 unspecified atom stereocenters. The van der Waals surface area contributed by atoms with Crippen molar-refractivity contribution in [2.45, 2.75) is 117 Å². The molecule has 2 fully saturated rings. The van der Waals surface area contributed by atoms with Gasteiger partial charge in [-0.1, -0.05) is 47.0 Å². The minimum Gasteiger partial charge on any atom is -0.397 e. The summed E-state index contributed by atoms with van der Waals surface area (Å²) in [6, 6.07) is 0.257. The molecule has 0 aromatic heterocycles. The van der Waals surface area contributed by atoms with Crippen LogP contribution in [0.5, 0.6) is 0 Å². The molecule has 0 aromatic rings. The maximum Gasteiger partial charge on any atom is 0.220 e. The zero-order chi connectivity index (χ0) is 22.1. The lowest BCUT2D eigenvalue weighted by Crippen LogP contribution is -2.39. The first-order valence-corrected chi connectivity index (χ1v) is 12.0. The van der Waals surface area contributed by atoms with Crippen molar-refractivity contribution in [2.75, 3.05) is 13.2 Å². The van der Waals surface area contributed by atoms with Gasteiger partial charge in [-0.2, -0.15) is 0 Å². The molecule has 0 radical (unpaired) electrons. The van der Waals surface area contributed by atoms with Crippen molar-refractivity contribution in [1.82, 2.24) is 5.32 Å². The number of carbonyl (C=O) groups excluding carboxylic acids is 2. The molecule has 2 aliphatic carbocycles. The summed E-state index contributed by atoms with van der Waals surface area (Å²) in [4.78, 5) is 24.1.